The minimum atomic E-state index is -1.77. The standard InChI is InChI=1S/C21H24N2O2/c1-16-10-8-9-15-19(16)22-23-20(24)21(25,17-11-4-2-5-12-17)18-13-6-3-7-14-18/h2-7,11-14,16,25H,8-10,15H2,1H3,(H,23,24). The average molecular weight is 336 g/mol. The van der Waals surface area contributed by atoms with Crippen LogP contribution in [0.5, 0.6) is 0 Å². The van der Waals surface area contributed by atoms with E-state index in [4.69, 9.17) is 0 Å². The molecule has 25 heavy (non-hydrogen) atoms. The van der Waals surface area contributed by atoms with E-state index in [0.29, 0.717) is 17.0 Å². The van der Waals surface area contributed by atoms with Crippen molar-refractivity contribution in [2.24, 2.45) is 11.0 Å². The van der Waals surface area contributed by atoms with Crippen LogP contribution in [-0.2, 0) is 10.4 Å². The lowest BCUT2D eigenvalue weighted by Gasteiger charge is -2.27. The highest BCUT2D eigenvalue weighted by atomic mass is 16.3. The van der Waals surface area contributed by atoms with E-state index in [1.165, 1.54) is 6.42 Å². The summed E-state index contributed by atoms with van der Waals surface area (Å²) in [4.78, 5) is 12.9. The van der Waals surface area contributed by atoms with Gasteiger partial charge in [-0.25, -0.2) is 5.43 Å². The van der Waals surface area contributed by atoms with Crippen LogP contribution in [-0.4, -0.2) is 16.7 Å². The van der Waals surface area contributed by atoms with Crippen LogP contribution in [0.1, 0.15) is 43.7 Å². The zero-order valence-corrected chi connectivity index (χ0v) is 14.5. The van der Waals surface area contributed by atoms with Gasteiger partial charge < -0.3 is 5.11 Å². The van der Waals surface area contributed by atoms with E-state index in [2.05, 4.69) is 17.5 Å². The first-order valence-corrected chi connectivity index (χ1v) is 8.82. The molecule has 1 aliphatic rings. The molecule has 0 radical (unpaired) electrons. The van der Waals surface area contributed by atoms with Gasteiger partial charge in [-0.05, 0) is 36.3 Å². The summed E-state index contributed by atoms with van der Waals surface area (Å²) in [5.41, 5.74) is 2.90. The van der Waals surface area contributed by atoms with Crippen LogP contribution in [0.3, 0.4) is 0 Å². The lowest BCUT2D eigenvalue weighted by Crippen LogP contribution is -2.44. The number of amides is 1. The van der Waals surface area contributed by atoms with E-state index in [1.54, 1.807) is 24.3 Å². The van der Waals surface area contributed by atoms with Crippen molar-refractivity contribution in [3.8, 4) is 0 Å². The lowest BCUT2D eigenvalue weighted by molar-refractivity contribution is -0.136. The van der Waals surface area contributed by atoms with Crippen LogP contribution in [0, 0.1) is 5.92 Å². The Hall–Kier alpha value is -2.46. The molecule has 2 aromatic carbocycles. The van der Waals surface area contributed by atoms with Gasteiger partial charge in [0, 0.05) is 5.71 Å². The number of hydrogen-bond acceptors (Lipinski definition) is 3. The Morgan fingerprint density at radius 1 is 1.04 bits per heavy atom. The van der Waals surface area contributed by atoms with Gasteiger partial charge >= 0.3 is 0 Å². The molecule has 0 aromatic heterocycles. The van der Waals surface area contributed by atoms with Gasteiger partial charge in [0.05, 0.1) is 0 Å². The second-order valence-corrected chi connectivity index (χ2v) is 6.63. The number of hydrazone groups is 1. The molecule has 0 bridgehead atoms. The van der Waals surface area contributed by atoms with Crippen LogP contribution < -0.4 is 5.43 Å². The Bertz CT molecular complexity index is 702. The molecule has 1 aliphatic carbocycles. The Balaban J connectivity index is 1.92. The molecule has 2 N–H and O–H groups in total. The molecule has 1 amide bonds. The van der Waals surface area contributed by atoms with Gasteiger partial charge in [0.1, 0.15) is 0 Å². The van der Waals surface area contributed by atoms with Gasteiger partial charge in [-0.2, -0.15) is 5.10 Å². The molecule has 1 fully saturated rings. The van der Waals surface area contributed by atoms with Gasteiger partial charge in [0.25, 0.3) is 5.91 Å². The van der Waals surface area contributed by atoms with E-state index in [-0.39, 0.29) is 0 Å². The normalized spacial score (nSPS) is 19.6. The van der Waals surface area contributed by atoms with Crippen molar-refractivity contribution in [2.75, 3.05) is 0 Å². The van der Waals surface area contributed by atoms with Crippen molar-refractivity contribution in [3.63, 3.8) is 0 Å². The Morgan fingerprint density at radius 3 is 2.12 bits per heavy atom. The summed E-state index contributed by atoms with van der Waals surface area (Å²) in [6, 6.07) is 18.0. The van der Waals surface area contributed by atoms with Gasteiger partial charge in [-0.1, -0.05) is 74.0 Å². The first-order valence-electron chi connectivity index (χ1n) is 8.82. The van der Waals surface area contributed by atoms with Gasteiger partial charge in [-0.3, -0.25) is 4.79 Å². The molecule has 130 valence electrons. The highest BCUT2D eigenvalue weighted by Gasteiger charge is 2.40. The van der Waals surface area contributed by atoms with Crippen LogP contribution in [0.25, 0.3) is 0 Å². The summed E-state index contributed by atoms with van der Waals surface area (Å²) in [7, 11) is 0. The molecule has 1 saturated carbocycles. The Kier molecular flexibility index (Phi) is 5.29. The van der Waals surface area contributed by atoms with Crippen molar-refractivity contribution in [1.29, 1.82) is 0 Å². The maximum Gasteiger partial charge on any atom is 0.281 e. The molecule has 1 unspecified atom stereocenters. The second kappa shape index (κ2) is 7.62. The lowest BCUT2D eigenvalue weighted by atomic mass is 9.85. The third kappa shape index (κ3) is 3.64. The zero-order valence-electron chi connectivity index (χ0n) is 14.5. The minimum Gasteiger partial charge on any atom is -0.372 e. The quantitative estimate of drug-likeness (QED) is 0.838. The van der Waals surface area contributed by atoms with Crippen molar-refractivity contribution >= 4 is 11.6 Å². The van der Waals surface area contributed by atoms with Gasteiger partial charge in [0.2, 0.25) is 0 Å². The molecule has 0 aliphatic heterocycles. The number of aliphatic hydroxyl groups is 1. The summed E-state index contributed by atoms with van der Waals surface area (Å²) < 4.78 is 0. The minimum absolute atomic E-state index is 0.371. The molecule has 1 atom stereocenters. The fourth-order valence-corrected chi connectivity index (χ4v) is 3.33. The van der Waals surface area contributed by atoms with Crippen molar-refractivity contribution in [2.45, 2.75) is 38.2 Å². The maximum absolute atomic E-state index is 12.9. The number of rotatable bonds is 4. The largest absolute Gasteiger partial charge is 0.372 e. The molecular weight excluding hydrogens is 312 g/mol. The van der Waals surface area contributed by atoms with Crippen molar-refractivity contribution in [1.82, 2.24) is 5.43 Å². The van der Waals surface area contributed by atoms with Crippen molar-refractivity contribution in [3.05, 3.63) is 71.8 Å². The van der Waals surface area contributed by atoms with E-state index in [0.717, 1.165) is 25.0 Å². The predicted molar refractivity (Wildman–Crippen MR) is 99.1 cm³/mol. The predicted octanol–water partition coefficient (Wildman–Crippen LogP) is 3.60. The van der Waals surface area contributed by atoms with Crippen LogP contribution in [0.15, 0.2) is 65.8 Å². The van der Waals surface area contributed by atoms with Crippen molar-refractivity contribution < 1.29 is 9.90 Å². The van der Waals surface area contributed by atoms with Crippen LogP contribution >= 0.6 is 0 Å². The number of hydrogen-bond donors (Lipinski definition) is 2. The molecule has 0 saturated heterocycles. The summed E-state index contributed by atoms with van der Waals surface area (Å²) in [6.45, 7) is 2.13. The topological polar surface area (TPSA) is 61.7 Å². The Morgan fingerprint density at radius 2 is 1.60 bits per heavy atom. The van der Waals surface area contributed by atoms with Crippen LogP contribution in [0.2, 0.25) is 0 Å². The fourth-order valence-electron chi connectivity index (χ4n) is 3.33. The van der Waals surface area contributed by atoms with E-state index in [9.17, 15) is 9.90 Å². The second-order valence-electron chi connectivity index (χ2n) is 6.63. The smallest absolute Gasteiger partial charge is 0.281 e. The summed E-state index contributed by atoms with van der Waals surface area (Å²) in [6.07, 6.45) is 4.29. The Labute approximate surface area is 148 Å². The maximum atomic E-state index is 12.9. The molecule has 4 heteroatoms. The molecule has 2 aromatic rings. The van der Waals surface area contributed by atoms with E-state index >= 15 is 0 Å². The van der Waals surface area contributed by atoms with Gasteiger partial charge in [-0.15, -0.1) is 0 Å². The molecule has 3 rings (SSSR count). The first-order chi connectivity index (χ1) is 12.1. The molecule has 4 nitrogen and oxygen atoms in total. The monoisotopic (exact) mass is 336 g/mol. The summed E-state index contributed by atoms with van der Waals surface area (Å²) in [5.74, 6) is -0.161. The fraction of sp³-hybridized carbons (Fsp3) is 0.333. The highest BCUT2D eigenvalue weighted by Crippen LogP contribution is 2.30. The first kappa shape index (κ1) is 17.4. The third-order valence-electron chi connectivity index (χ3n) is 4.90. The van der Waals surface area contributed by atoms with E-state index < -0.39 is 11.5 Å². The zero-order chi connectivity index (χ0) is 17.7. The SMILES string of the molecule is CC1CCCCC1=NNC(=O)C(O)(c1ccccc1)c1ccccc1. The number of benzene rings is 2. The van der Waals surface area contributed by atoms with E-state index in [1.807, 2.05) is 36.4 Å². The number of carbonyl (C=O) groups is 1. The molecule has 0 heterocycles. The number of nitrogens with one attached hydrogen (secondary N) is 1. The van der Waals surface area contributed by atoms with Crippen LogP contribution in [0.4, 0.5) is 0 Å². The van der Waals surface area contributed by atoms with Gasteiger partial charge in [0.15, 0.2) is 5.60 Å². The molecular formula is C21H24N2O2. The third-order valence-corrected chi connectivity index (χ3v) is 4.90. The average Bonchev–Trinajstić information content (AvgIpc) is 2.68. The number of carbonyl (C=O) groups excluding carboxylic acids is 1. The highest BCUT2D eigenvalue weighted by molar-refractivity contribution is 5.92. The molecule has 0 spiro atoms. The number of nitrogens with zero attached hydrogens (tertiary/aromatic N) is 1. The summed E-state index contributed by atoms with van der Waals surface area (Å²) >= 11 is 0. The summed E-state index contributed by atoms with van der Waals surface area (Å²) in [5, 5.41) is 15.7.